The lowest BCUT2D eigenvalue weighted by molar-refractivity contribution is -0.384. The number of carbonyl (C=O) groups is 3. The summed E-state index contributed by atoms with van der Waals surface area (Å²) in [7, 11) is 1.91. The minimum absolute atomic E-state index is 0.0982. The average molecular weight is 608 g/mol. The highest BCUT2D eigenvalue weighted by Gasteiger charge is 2.34. The topological polar surface area (TPSA) is 189 Å². The first kappa shape index (κ1) is 29.6. The van der Waals surface area contributed by atoms with Gasteiger partial charge in [0.2, 0.25) is 5.91 Å². The van der Waals surface area contributed by atoms with E-state index in [2.05, 4.69) is 21.2 Å². The number of anilines is 4. The number of nitrogens with zero attached hydrogens (tertiary/aromatic N) is 4. The van der Waals surface area contributed by atoms with Crippen molar-refractivity contribution in [3.05, 3.63) is 85.9 Å². The van der Waals surface area contributed by atoms with E-state index in [4.69, 9.17) is 16.7 Å². The quantitative estimate of drug-likeness (QED) is 0.153. The number of non-ortho nitro benzene ring substituents is 1. The molecule has 3 aromatic carbocycles. The normalized spacial score (nSPS) is 11.7. The van der Waals surface area contributed by atoms with Crippen LogP contribution in [0.4, 0.5) is 28.4 Å². The van der Waals surface area contributed by atoms with Gasteiger partial charge in [0.25, 0.3) is 17.5 Å². The summed E-state index contributed by atoms with van der Waals surface area (Å²) in [5, 5.41) is 21.6. The molecular weight excluding hydrogens is 582 g/mol. The third-order valence-corrected chi connectivity index (χ3v) is 6.64. The second kappa shape index (κ2) is 12.7. The van der Waals surface area contributed by atoms with Gasteiger partial charge in [-0.15, -0.1) is 0 Å². The number of rotatable bonds is 7. The van der Waals surface area contributed by atoms with Gasteiger partial charge in [-0.1, -0.05) is 12.1 Å². The van der Waals surface area contributed by atoms with E-state index < -0.39 is 4.92 Å². The maximum Gasteiger partial charge on any atom is 0.272 e. The standard InChI is InChI=1S/C20H22N4O3.C7H4BrN3O2/c1-13(25)22-18-12-14(8-9-17(18)21)23(2)10-5-11-24-19(26)15-6-3-4-7-16(15)20(24)27;8-6-2-5(11(12)13)1-4(3-9)7(6)10/h3-4,6-9,12H,5,10-11,21H2,1-2H3,(H,22,25);1-2H,10H2. The Hall–Kier alpha value is -4.96. The monoisotopic (exact) mass is 607 g/mol. The molecular formula is C27H26BrN7O5. The van der Waals surface area contributed by atoms with Crippen molar-refractivity contribution in [2.75, 3.05) is 41.8 Å². The number of halogens is 1. The molecule has 206 valence electrons. The van der Waals surface area contributed by atoms with Gasteiger partial charge in [-0.05, 0) is 52.7 Å². The zero-order chi connectivity index (χ0) is 29.6. The Morgan fingerprint density at radius 3 is 2.30 bits per heavy atom. The van der Waals surface area contributed by atoms with Gasteiger partial charge in [0.05, 0.1) is 38.7 Å². The first-order valence-corrected chi connectivity index (χ1v) is 12.7. The molecule has 5 N–H and O–H groups in total. The molecule has 0 aromatic heterocycles. The van der Waals surface area contributed by atoms with E-state index in [0.29, 0.717) is 46.5 Å². The number of amides is 3. The van der Waals surface area contributed by atoms with Gasteiger partial charge in [0.1, 0.15) is 6.07 Å². The van der Waals surface area contributed by atoms with Gasteiger partial charge in [-0.25, -0.2) is 0 Å². The number of benzene rings is 3. The summed E-state index contributed by atoms with van der Waals surface area (Å²) < 4.78 is 0.359. The van der Waals surface area contributed by atoms with Gasteiger partial charge in [0.15, 0.2) is 0 Å². The predicted molar refractivity (Wildman–Crippen MR) is 155 cm³/mol. The molecule has 0 spiro atoms. The van der Waals surface area contributed by atoms with Crippen molar-refractivity contribution in [3.63, 3.8) is 0 Å². The van der Waals surface area contributed by atoms with Gasteiger partial charge in [0, 0.05) is 49.4 Å². The Morgan fingerprint density at radius 2 is 1.75 bits per heavy atom. The van der Waals surface area contributed by atoms with Gasteiger partial charge >= 0.3 is 0 Å². The molecule has 1 heterocycles. The number of nitrogen functional groups attached to an aromatic ring is 2. The van der Waals surface area contributed by atoms with E-state index in [1.807, 2.05) is 18.0 Å². The van der Waals surface area contributed by atoms with Crippen molar-refractivity contribution in [2.24, 2.45) is 0 Å². The summed E-state index contributed by atoms with van der Waals surface area (Å²) in [6.07, 6.45) is 0.627. The van der Waals surface area contributed by atoms with Gasteiger partial charge < -0.3 is 21.7 Å². The van der Waals surface area contributed by atoms with Crippen molar-refractivity contribution in [1.29, 1.82) is 5.26 Å². The van der Waals surface area contributed by atoms with E-state index in [1.54, 1.807) is 42.5 Å². The number of hydrogen-bond acceptors (Lipinski definition) is 9. The lowest BCUT2D eigenvalue weighted by atomic mass is 10.1. The van der Waals surface area contributed by atoms with E-state index >= 15 is 0 Å². The highest BCUT2D eigenvalue weighted by molar-refractivity contribution is 9.10. The summed E-state index contributed by atoms with van der Waals surface area (Å²) in [5.74, 6) is -0.663. The van der Waals surface area contributed by atoms with E-state index in [9.17, 15) is 24.5 Å². The molecule has 1 aliphatic rings. The van der Waals surface area contributed by atoms with Crippen LogP contribution >= 0.6 is 15.9 Å². The summed E-state index contributed by atoms with van der Waals surface area (Å²) in [6.45, 7) is 2.42. The van der Waals surface area contributed by atoms with E-state index in [-0.39, 0.29) is 34.7 Å². The van der Waals surface area contributed by atoms with Gasteiger partial charge in [-0.2, -0.15) is 5.26 Å². The maximum atomic E-state index is 12.4. The van der Waals surface area contributed by atoms with Crippen LogP contribution in [0.5, 0.6) is 0 Å². The first-order valence-electron chi connectivity index (χ1n) is 11.9. The van der Waals surface area contributed by atoms with Crippen molar-refractivity contribution in [1.82, 2.24) is 4.90 Å². The predicted octanol–water partition coefficient (Wildman–Crippen LogP) is 4.16. The van der Waals surface area contributed by atoms with E-state index in [1.165, 1.54) is 17.9 Å². The molecule has 40 heavy (non-hydrogen) atoms. The van der Waals surface area contributed by atoms with Crippen LogP contribution in [0.3, 0.4) is 0 Å². The minimum Gasteiger partial charge on any atom is -0.397 e. The molecule has 0 aliphatic carbocycles. The molecule has 0 fully saturated rings. The van der Waals surface area contributed by atoms with Crippen LogP contribution in [-0.4, -0.2) is 47.7 Å². The molecule has 0 radical (unpaired) electrons. The number of nitrogens with two attached hydrogens (primary N) is 2. The van der Waals surface area contributed by atoms with Crippen molar-refractivity contribution in [3.8, 4) is 6.07 Å². The highest BCUT2D eigenvalue weighted by Crippen LogP contribution is 2.29. The number of imide groups is 1. The molecule has 0 unspecified atom stereocenters. The fourth-order valence-corrected chi connectivity index (χ4v) is 4.37. The Morgan fingerprint density at radius 1 is 1.12 bits per heavy atom. The fourth-order valence-electron chi connectivity index (χ4n) is 3.92. The van der Waals surface area contributed by atoms with Crippen molar-refractivity contribution in [2.45, 2.75) is 13.3 Å². The number of fused-ring (bicyclic) bond motifs is 1. The molecule has 0 bridgehead atoms. The largest absolute Gasteiger partial charge is 0.397 e. The van der Waals surface area contributed by atoms with Crippen LogP contribution in [0.15, 0.2) is 59.1 Å². The van der Waals surface area contributed by atoms with E-state index in [0.717, 1.165) is 11.8 Å². The van der Waals surface area contributed by atoms with Crippen LogP contribution in [-0.2, 0) is 4.79 Å². The summed E-state index contributed by atoms with van der Waals surface area (Å²) in [6, 6.07) is 16.5. The highest BCUT2D eigenvalue weighted by atomic mass is 79.9. The molecule has 3 amide bonds. The molecule has 0 atom stereocenters. The Kier molecular flexibility index (Phi) is 9.41. The second-order valence-electron chi connectivity index (χ2n) is 8.79. The molecule has 13 heteroatoms. The third kappa shape index (κ3) is 6.72. The number of nitriles is 1. The number of hydrogen-bond donors (Lipinski definition) is 3. The summed E-state index contributed by atoms with van der Waals surface area (Å²) in [5.41, 5.74) is 14.4. The van der Waals surface area contributed by atoms with Crippen LogP contribution in [0, 0.1) is 21.4 Å². The molecule has 4 rings (SSSR count). The Bertz CT molecular complexity index is 1500. The zero-order valence-electron chi connectivity index (χ0n) is 21.7. The lowest BCUT2D eigenvalue weighted by Gasteiger charge is -2.22. The van der Waals surface area contributed by atoms with Crippen LogP contribution in [0.1, 0.15) is 39.6 Å². The third-order valence-electron chi connectivity index (χ3n) is 5.99. The first-order chi connectivity index (χ1) is 18.9. The number of nitrogens with one attached hydrogen (secondary N) is 1. The molecule has 1 aliphatic heterocycles. The van der Waals surface area contributed by atoms with Crippen LogP contribution in [0.2, 0.25) is 0 Å². The van der Waals surface area contributed by atoms with Crippen LogP contribution in [0.25, 0.3) is 0 Å². The number of nitro groups is 1. The number of nitro benzene ring substituents is 1. The smallest absolute Gasteiger partial charge is 0.272 e. The molecule has 0 saturated carbocycles. The Balaban J connectivity index is 0.000000285. The zero-order valence-corrected chi connectivity index (χ0v) is 23.3. The maximum absolute atomic E-state index is 12.4. The second-order valence-corrected chi connectivity index (χ2v) is 9.65. The van der Waals surface area contributed by atoms with Crippen molar-refractivity contribution >= 4 is 62.1 Å². The molecule has 0 saturated heterocycles. The van der Waals surface area contributed by atoms with Gasteiger partial charge in [-0.3, -0.25) is 29.4 Å². The average Bonchev–Trinajstić information content (AvgIpc) is 3.16. The lowest BCUT2D eigenvalue weighted by Crippen LogP contribution is -2.33. The van der Waals surface area contributed by atoms with Crippen LogP contribution < -0.4 is 21.7 Å². The van der Waals surface area contributed by atoms with Crippen molar-refractivity contribution < 1.29 is 19.3 Å². The SMILES string of the molecule is CC(=O)Nc1cc(N(C)CCCN2C(=O)c3ccccc3C2=O)ccc1N.N#Cc1cc([N+](=O)[O-])cc(Br)c1N. The molecule has 3 aromatic rings. The summed E-state index contributed by atoms with van der Waals surface area (Å²) >= 11 is 3.03. The fraction of sp³-hybridized carbons (Fsp3) is 0.185. The molecule has 12 nitrogen and oxygen atoms in total. The Labute approximate surface area is 238 Å². The summed E-state index contributed by atoms with van der Waals surface area (Å²) in [4.78, 5) is 49.1. The minimum atomic E-state index is -0.578. The number of carbonyl (C=O) groups excluding carboxylic acids is 3.